The Balaban J connectivity index is 1.35. The first-order chi connectivity index (χ1) is 15.7. The van der Waals surface area contributed by atoms with E-state index < -0.39 is 0 Å². The van der Waals surface area contributed by atoms with Gasteiger partial charge in [-0.05, 0) is 41.8 Å². The van der Waals surface area contributed by atoms with Crippen molar-refractivity contribution in [1.82, 2.24) is 10.1 Å². The normalized spacial score (nSPS) is 13.2. The van der Waals surface area contributed by atoms with E-state index >= 15 is 0 Å². The highest BCUT2D eigenvalue weighted by Gasteiger charge is 2.29. The van der Waals surface area contributed by atoms with E-state index in [4.69, 9.17) is 16.1 Å². The molecule has 1 aliphatic heterocycles. The second-order valence-corrected chi connectivity index (χ2v) is 8.52. The van der Waals surface area contributed by atoms with Gasteiger partial charge in [0.25, 0.3) is 0 Å². The zero-order valence-corrected chi connectivity index (χ0v) is 18.3. The second kappa shape index (κ2) is 9.01. The van der Waals surface area contributed by atoms with Crippen LogP contribution in [0.1, 0.15) is 34.7 Å². The van der Waals surface area contributed by atoms with Crippen molar-refractivity contribution in [1.29, 1.82) is 0 Å². The van der Waals surface area contributed by atoms with Crippen LogP contribution < -0.4 is 0 Å². The van der Waals surface area contributed by atoms with E-state index in [1.165, 1.54) is 0 Å². The molecule has 0 atom stereocenters. The zero-order chi connectivity index (χ0) is 21.9. The van der Waals surface area contributed by atoms with E-state index in [1.807, 2.05) is 65.6 Å². The average Bonchev–Trinajstić information content (AvgIpc) is 3.27. The first kappa shape index (κ1) is 20.5. The highest BCUT2D eigenvalue weighted by atomic mass is 35.5. The number of amides is 1. The number of rotatable bonds is 5. The Labute approximate surface area is 192 Å². The summed E-state index contributed by atoms with van der Waals surface area (Å²) < 4.78 is 5.66. The third-order valence-corrected chi connectivity index (χ3v) is 6.34. The van der Waals surface area contributed by atoms with Gasteiger partial charge in [0, 0.05) is 35.0 Å². The number of benzene rings is 3. The maximum atomic E-state index is 13.3. The van der Waals surface area contributed by atoms with Crippen LogP contribution in [0.15, 0.2) is 89.5 Å². The number of nitrogens with zero attached hydrogens (tertiary/aromatic N) is 2. The maximum Gasteiger partial charge on any atom is 0.223 e. The highest BCUT2D eigenvalue weighted by Crippen LogP contribution is 2.33. The number of halogens is 1. The summed E-state index contributed by atoms with van der Waals surface area (Å²) in [6.45, 7) is 1.13. The number of fused-ring (bicyclic) bond motifs is 1. The van der Waals surface area contributed by atoms with Crippen LogP contribution in [-0.2, 0) is 17.8 Å². The van der Waals surface area contributed by atoms with Gasteiger partial charge in [-0.25, -0.2) is 0 Å². The van der Waals surface area contributed by atoms with E-state index in [-0.39, 0.29) is 11.8 Å². The van der Waals surface area contributed by atoms with Crippen LogP contribution in [0, 0.1) is 0 Å². The summed E-state index contributed by atoms with van der Waals surface area (Å²) >= 11 is 6.01. The largest absolute Gasteiger partial charge is 0.356 e. The lowest BCUT2D eigenvalue weighted by atomic mass is 9.88. The predicted molar refractivity (Wildman–Crippen MR) is 125 cm³/mol. The molecule has 0 saturated heterocycles. The van der Waals surface area contributed by atoms with Crippen LogP contribution in [-0.4, -0.2) is 22.5 Å². The van der Waals surface area contributed by atoms with Crippen LogP contribution in [0.2, 0.25) is 5.02 Å². The number of carbonyl (C=O) groups excluding carboxylic acids is 1. The number of hydrogen-bond donors (Lipinski definition) is 0. The van der Waals surface area contributed by atoms with Crippen molar-refractivity contribution < 1.29 is 9.32 Å². The molecule has 4 aromatic rings. The van der Waals surface area contributed by atoms with Crippen molar-refractivity contribution in [3.63, 3.8) is 0 Å². The van der Waals surface area contributed by atoms with Crippen LogP contribution in [0.4, 0.5) is 0 Å². The summed E-state index contributed by atoms with van der Waals surface area (Å²) in [6, 6.07) is 28.0. The molecule has 4 nitrogen and oxygen atoms in total. The summed E-state index contributed by atoms with van der Waals surface area (Å²) in [4.78, 5) is 15.2. The Morgan fingerprint density at radius 1 is 0.938 bits per heavy atom. The molecule has 0 radical (unpaired) electrons. The topological polar surface area (TPSA) is 46.3 Å². The first-order valence-corrected chi connectivity index (χ1v) is 11.2. The second-order valence-electron chi connectivity index (χ2n) is 8.09. The molecular formula is C27H23ClN2O2. The molecule has 0 unspecified atom stereocenters. The van der Waals surface area contributed by atoms with Gasteiger partial charge >= 0.3 is 0 Å². The minimum atomic E-state index is 0.0215. The van der Waals surface area contributed by atoms with E-state index in [9.17, 15) is 4.79 Å². The monoisotopic (exact) mass is 442 g/mol. The molecule has 1 aliphatic rings. The molecule has 1 aromatic heterocycles. The smallest absolute Gasteiger partial charge is 0.223 e. The lowest BCUT2D eigenvalue weighted by Crippen LogP contribution is -2.36. The van der Waals surface area contributed by atoms with Gasteiger partial charge < -0.3 is 9.42 Å². The van der Waals surface area contributed by atoms with Crippen molar-refractivity contribution >= 4 is 17.5 Å². The van der Waals surface area contributed by atoms with E-state index in [0.29, 0.717) is 24.5 Å². The fourth-order valence-electron chi connectivity index (χ4n) is 4.37. The third-order valence-electron chi connectivity index (χ3n) is 6.08. The summed E-state index contributed by atoms with van der Waals surface area (Å²) in [5, 5.41) is 4.97. The summed E-state index contributed by atoms with van der Waals surface area (Å²) in [5.41, 5.74) is 5.17. The summed E-state index contributed by atoms with van der Waals surface area (Å²) in [7, 11) is 0. The quantitative estimate of drug-likeness (QED) is 0.375. The minimum absolute atomic E-state index is 0.0215. The van der Waals surface area contributed by atoms with E-state index in [2.05, 4.69) is 29.4 Å². The molecular weight excluding hydrogens is 420 g/mol. The fraction of sp³-hybridized carbons (Fsp3) is 0.185. The van der Waals surface area contributed by atoms with Crippen molar-refractivity contribution in [2.45, 2.75) is 25.3 Å². The average molecular weight is 443 g/mol. The molecule has 0 spiro atoms. The van der Waals surface area contributed by atoms with Gasteiger partial charge in [0.2, 0.25) is 5.91 Å². The van der Waals surface area contributed by atoms with Gasteiger partial charge in [0.15, 0.2) is 5.76 Å². The Bertz CT molecular complexity index is 1160. The van der Waals surface area contributed by atoms with Gasteiger partial charge in [-0.1, -0.05) is 77.4 Å². The molecule has 0 bridgehead atoms. The molecule has 0 saturated carbocycles. The molecule has 2 heterocycles. The summed E-state index contributed by atoms with van der Waals surface area (Å²) in [5.74, 6) is 0.924. The van der Waals surface area contributed by atoms with Gasteiger partial charge in [0.05, 0.1) is 6.54 Å². The molecule has 0 N–H and O–H groups in total. The summed E-state index contributed by atoms with van der Waals surface area (Å²) in [6.07, 6.45) is 1.15. The Morgan fingerprint density at radius 3 is 2.19 bits per heavy atom. The lowest BCUT2D eigenvalue weighted by molar-refractivity contribution is -0.132. The lowest BCUT2D eigenvalue weighted by Gasteiger charge is -2.28. The van der Waals surface area contributed by atoms with Crippen molar-refractivity contribution in [3.8, 4) is 11.3 Å². The maximum absolute atomic E-state index is 13.3. The first-order valence-electron chi connectivity index (χ1n) is 10.8. The molecule has 5 heteroatoms. The fourth-order valence-corrected chi connectivity index (χ4v) is 4.50. The van der Waals surface area contributed by atoms with Crippen LogP contribution in [0.25, 0.3) is 11.3 Å². The highest BCUT2D eigenvalue weighted by molar-refractivity contribution is 6.30. The van der Waals surface area contributed by atoms with Crippen molar-refractivity contribution in [2.75, 3.05) is 6.54 Å². The molecule has 0 fully saturated rings. The molecule has 32 heavy (non-hydrogen) atoms. The van der Waals surface area contributed by atoms with E-state index in [0.717, 1.165) is 40.1 Å². The third kappa shape index (κ3) is 4.19. The molecule has 1 amide bonds. The van der Waals surface area contributed by atoms with Crippen LogP contribution >= 0.6 is 11.6 Å². The van der Waals surface area contributed by atoms with E-state index in [1.54, 1.807) is 0 Å². The van der Waals surface area contributed by atoms with Crippen LogP contribution in [0.5, 0.6) is 0 Å². The van der Waals surface area contributed by atoms with Gasteiger partial charge in [-0.15, -0.1) is 0 Å². The molecule has 160 valence electrons. The molecule has 5 rings (SSSR count). The SMILES string of the molecule is O=C(CC(c1ccccc1)c1ccccc1)N1CCc2c(noc2-c2ccc(Cl)cc2)C1. The zero-order valence-electron chi connectivity index (χ0n) is 17.6. The Kier molecular flexibility index (Phi) is 5.78. The number of carbonyl (C=O) groups is 1. The minimum Gasteiger partial charge on any atom is -0.356 e. The van der Waals surface area contributed by atoms with Gasteiger partial charge in [-0.3, -0.25) is 4.79 Å². The van der Waals surface area contributed by atoms with Gasteiger partial charge in [0.1, 0.15) is 5.69 Å². The Morgan fingerprint density at radius 2 is 1.56 bits per heavy atom. The number of hydrogen-bond acceptors (Lipinski definition) is 3. The standard InChI is InChI=1S/C27H23ClN2O2/c28-22-13-11-21(12-14-22)27-23-15-16-30(18-25(23)29-32-27)26(31)17-24(19-7-3-1-4-8-19)20-9-5-2-6-10-20/h1-14,24H,15-18H2. The van der Waals surface area contributed by atoms with Crippen LogP contribution in [0.3, 0.4) is 0 Å². The Hall–Kier alpha value is -3.37. The molecule has 0 aliphatic carbocycles. The van der Waals surface area contributed by atoms with Crippen molar-refractivity contribution in [2.24, 2.45) is 0 Å². The van der Waals surface area contributed by atoms with Crippen molar-refractivity contribution in [3.05, 3.63) is 112 Å². The molecule has 3 aromatic carbocycles. The number of aromatic nitrogens is 1. The van der Waals surface area contributed by atoms with Gasteiger partial charge in [-0.2, -0.15) is 0 Å². The predicted octanol–water partition coefficient (Wildman–Crippen LogP) is 6.10.